The predicted molar refractivity (Wildman–Crippen MR) is 124 cm³/mol. The number of nitrogens with zero attached hydrogens (tertiary/aromatic N) is 3. The Hall–Kier alpha value is -1.54. The highest BCUT2D eigenvalue weighted by Gasteiger charge is 2.20. The van der Waals surface area contributed by atoms with E-state index in [-0.39, 0.29) is 5.91 Å². The number of carbonyl (C=O) groups is 1. The van der Waals surface area contributed by atoms with Crippen LogP contribution in [0.4, 0.5) is 5.13 Å². The van der Waals surface area contributed by atoms with Crippen LogP contribution in [-0.4, -0.2) is 55.5 Å². The molecule has 0 bridgehead atoms. The molecule has 0 radical (unpaired) electrons. The second kappa shape index (κ2) is 9.78. The van der Waals surface area contributed by atoms with E-state index in [1.807, 2.05) is 37.2 Å². The van der Waals surface area contributed by atoms with Crippen LogP contribution < -0.4 is 4.90 Å². The lowest BCUT2D eigenvalue weighted by molar-refractivity contribution is -0.118. The Morgan fingerprint density at radius 3 is 2.32 bits per heavy atom. The summed E-state index contributed by atoms with van der Waals surface area (Å²) in [5.41, 5.74) is 1.98. The minimum Gasteiger partial charge on any atom is -0.308 e. The lowest BCUT2D eigenvalue weighted by Crippen LogP contribution is -2.37. The Kier molecular flexibility index (Phi) is 7.40. The van der Waals surface area contributed by atoms with Gasteiger partial charge in [-0.05, 0) is 62.5 Å². The zero-order valence-electron chi connectivity index (χ0n) is 16.6. The number of thiazole rings is 1. The number of rotatable bonds is 8. The van der Waals surface area contributed by atoms with E-state index in [0.29, 0.717) is 13.0 Å². The summed E-state index contributed by atoms with van der Waals surface area (Å²) in [6.07, 6.45) is 4.51. The number of aromatic nitrogens is 1. The van der Waals surface area contributed by atoms with E-state index in [9.17, 15) is 4.79 Å². The summed E-state index contributed by atoms with van der Waals surface area (Å²) in [7, 11) is 4.04. The molecule has 3 aromatic rings. The first-order chi connectivity index (χ1) is 13.5. The molecule has 0 saturated carbocycles. The third-order valence-electron chi connectivity index (χ3n) is 4.40. The molecular weight excluding hydrogens is 406 g/mol. The maximum Gasteiger partial charge on any atom is 0.233 e. The van der Waals surface area contributed by atoms with Crippen molar-refractivity contribution >= 4 is 56.1 Å². The fourth-order valence-corrected chi connectivity index (χ4v) is 4.75. The lowest BCUT2D eigenvalue weighted by atomic mass is 10.1. The second-order valence-corrected chi connectivity index (χ2v) is 9.47. The Labute approximate surface area is 179 Å². The van der Waals surface area contributed by atoms with Gasteiger partial charge in [0.05, 0.1) is 16.6 Å². The molecule has 0 aliphatic heterocycles. The summed E-state index contributed by atoms with van der Waals surface area (Å²) in [6, 6.07) is 14.5. The fraction of sp³-hybridized carbons (Fsp3) is 0.333. The Morgan fingerprint density at radius 1 is 1.00 bits per heavy atom. The topological polar surface area (TPSA) is 36.4 Å². The molecule has 3 rings (SSSR count). The van der Waals surface area contributed by atoms with Crippen LogP contribution in [0, 0.1) is 0 Å². The van der Waals surface area contributed by atoms with Crippen molar-refractivity contribution in [2.75, 3.05) is 44.6 Å². The van der Waals surface area contributed by atoms with Gasteiger partial charge in [0.15, 0.2) is 5.13 Å². The number of hydrogen-bond acceptors (Lipinski definition) is 6. The van der Waals surface area contributed by atoms with Gasteiger partial charge in [0.1, 0.15) is 0 Å². The molecule has 1 amide bonds. The lowest BCUT2D eigenvalue weighted by Gasteiger charge is -2.22. The third-order valence-corrected chi connectivity index (χ3v) is 6.91. The van der Waals surface area contributed by atoms with E-state index in [2.05, 4.69) is 41.7 Å². The highest BCUT2D eigenvalue weighted by molar-refractivity contribution is 7.98. The summed E-state index contributed by atoms with van der Waals surface area (Å²) < 4.78 is 1.12. The Bertz CT molecular complexity index is 938. The molecule has 28 heavy (non-hydrogen) atoms. The van der Waals surface area contributed by atoms with Gasteiger partial charge in [0.25, 0.3) is 0 Å². The fourth-order valence-electron chi connectivity index (χ4n) is 2.78. The monoisotopic (exact) mass is 431 g/mol. The van der Waals surface area contributed by atoms with E-state index in [0.717, 1.165) is 27.5 Å². The number of anilines is 1. The first kappa shape index (κ1) is 21.2. The minimum absolute atomic E-state index is 0.0860. The number of benzene rings is 2. The van der Waals surface area contributed by atoms with Crippen LogP contribution in [0.15, 0.2) is 52.3 Å². The van der Waals surface area contributed by atoms with Gasteiger partial charge in [-0.2, -0.15) is 0 Å². The third kappa shape index (κ3) is 5.29. The normalized spacial score (nSPS) is 11.3. The summed E-state index contributed by atoms with van der Waals surface area (Å²) in [4.78, 5) is 24.2. The maximum atomic E-state index is 13.1. The summed E-state index contributed by atoms with van der Waals surface area (Å²) in [6.45, 7) is 1.42. The molecule has 0 spiro atoms. The maximum absolute atomic E-state index is 13.1. The van der Waals surface area contributed by atoms with Crippen molar-refractivity contribution in [2.24, 2.45) is 0 Å². The van der Waals surface area contributed by atoms with Crippen LogP contribution in [0.25, 0.3) is 10.2 Å². The van der Waals surface area contributed by atoms with Crippen LogP contribution in [0.1, 0.15) is 5.56 Å². The summed E-state index contributed by atoms with van der Waals surface area (Å²) >= 11 is 5.01. The van der Waals surface area contributed by atoms with Crippen LogP contribution in [0.2, 0.25) is 0 Å². The molecule has 1 heterocycles. The van der Waals surface area contributed by atoms with E-state index in [1.54, 1.807) is 34.9 Å². The van der Waals surface area contributed by atoms with E-state index >= 15 is 0 Å². The first-order valence-corrected chi connectivity index (χ1v) is 12.3. The molecule has 0 aliphatic rings. The standard InChI is InChI=1S/C21H25N3OS3/c1-23(2)11-12-24(20(25)13-15-5-7-16(26-3)8-6-15)21-22-18-10-9-17(27-4)14-19(18)28-21/h5-10,14H,11-13H2,1-4H3. The quantitative estimate of drug-likeness (QED) is 0.475. The van der Waals surface area contributed by atoms with Crippen molar-refractivity contribution in [2.45, 2.75) is 16.2 Å². The highest BCUT2D eigenvalue weighted by Crippen LogP contribution is 2.32. The molecule has 2 aromatic carbocycles. The number of carbonyl (C=O) groups excluding carboxylic acids is 1. The molecule has 0 fully saturated rings. The molecule has 0 saturated heterocycles. The van der Waals surface area contributed by atoms with Crippen LogP contribution in [0.3, 0.4) is 0 Å². The van der Waals surface area contributed by atoms with Crippen LogP contribution >= 0.6 is 34.9 Å². The number of hydrogen-bond donors (Lipinski definition) is 0. The van der Waals surface area contributed by atoms with Gasteiger partial charge in [-0.25, -0.2) is 4.98 Å². The molecule has 0 atom stereocenters. The van der Waals surface area contributed by atoms with Crippen molar-refractivity contribution in [3.63, 3.8) is 0 Å². The van der Waals surface area contributed by atoms with Crippen LogP contribution in [0.5, 0.6) is 0 Å². The van der Waals surface area contributed by atoms with Gasteiger partial charge in [-0.1, -0.05) is 23.5 Å². The molecule has 7 heteroatoms. The SMILES string of the molecule is CSc1ccc(CC(=O)N(CCN(C)C)c2nc3ccc(SC)cc3s2)cc1. The van der Waals surface area contributed by atoms with E-state index in [1.165, 1.54) is 9.79 Å². The van der Waals surface area contributed by atoms with Crippen LogP contribution in [-0.2, 0) is 11.2 Å². The van der Waals surface area contributed by atoms with Crippen molar-refractivity contribution < 1.29 is 4.79 Å². The predicted octanol–water partition coefficient (Wildman–Crippen LogP) is 4.88. The second-order valence-electron chi connectivity index (χ2n) is 6.70. The largest absolute Gasteiger partial charge is 0.308 e. The van der Waals surface area contributed by atoms with Crippen molar-refractivity contribution in [3.8, 4) is 0 Å². The van der Waals surface area contributed by atoms with Gasteiger partial charge >= 0.3 is 0 Å². The zero-order valence-corrected chi connectivity index (χ0v) is 19.1. The van der Waals surface area contributed by atoms with Crippen molar-refractivity contribution in [3.05, 3.63) is 48.0 Å². The molecule has 0 aliphatic carbocycles. The highest BCUT2D eigenvalue weighted by atomic mass is 32.2. The van der Waals surface area contributed by atoms with Crippen molar-refractivity contribution in [1.82, 2.24) is 9.88 Å². The summed E-state index contributed by atoms with van der Waals surface area (Å²) in [5, 5.41) is 0.779. The average molecular weight is 432 g/mol. The van der Waals surface area contributed by atoms with Gasteiger partial charge in [-0.3, -0.25) is 9.69 Å². The Morgan fingerprint density at radius 2 is 1.68 bits per heavy atom. The minimum atomic E-state index is 0.0860. The molecule has 0 N–H and O–H groups in total. The average Bonchev–Trinajstić information content (AvgIpc) is 3.11. The molecule has 4 nitrogen and oxygen atoms in total. The van der Waals surface area contributed by atoms with E-state index in [4.69, 9.17) is 4.98 Å². The number of likely N-dealkylation sites (N-methyl/N-ethyl adjacent to an activating group) is 1. The zero-order chi connectivity index (χ0) is 20.1. The smallest absolute Gasteiger partial charge is 0.233 e. The molecule has 1 aromatic heterocycles. The Balaban J connectivity index is 1.85. The number of amides is 1. The summed E-state index contributed by atoms with van der Waals surface area (Å²) in [5.74, 6) is 0.0860. The van der Waals surface area contributed by atoms with Gasteiger partial charge in [0, 0.05) is 22.9 Å². The van der Waals surface area contributed by atoms with Crippen molar-refractivity contribution in [1.29, 1.82) is 0 Å². The van der Waals surface area contributed by atoms with E-state index < -0.39 is 0 Å². The molecular formula is C21H25N3OS3. The number of fused-ring (bicyclic) bond motifs is 1. The molecule has 0 unspecified atom stereocenters. The first-order valence-electron chi connectivity index (χ1n) is 9.02. The van der Waals surface area contributed by atoms with Gasteiger partial charge in [0.2, 0.25) is 5.91 Å². The van der Waals surface area contributed by atoms with Gasteiger partial charge in [-0.15, -0.1) is 23.5 Å². The van der Waals surface area contributed by atoms with Gasteiger partial charge < -0.3 is 4.90 Å². The number of thioether (sulfide) groups is 2. The molecule has 148 valence electrons.